The van der Waals surface area contributed by atoms with Crippen LogP contribution >= 0.6 is 0 Å². The van der Waals surface area contributed by atoms with E-state index in [0.717, 1.165) is 16.8 Å². The van der Waals surface area contributed by atoms with Crippen LogP contribution in [-0.4, -0.2) is 23.1 Å². The molecule has 5 nitrogen and oxygen atoms in total. The smallest absolute Gasteiger partial charge is 0.344 e. The zero-order chi connectivity index (χ0) is 17.0. The van der Waals surface area contributed by atoms with Crippen molar-refractivity contribution in [2.45, 2.75) is 26.9 Å². The van der Waals surface area contributed by atoms with E-state index in [4.69, 9.17) is 9.84 Å². The molecule has 0 bridgehead atoms. The summed E-state index contributed by atoms with van der Waals surface area (Å²) in [5.74, 6) is -0.860. The molecule has 2 aromatic rings. The number of amides is 1. The summed E-state index contributed by atoms with van der Waals surface area (Å²) < 4.78 is 5.23. The second kappa shape index (κ2) is 6.96. The molecule has 2 rings (SSSR count). The first kappa shape index (κ1) is 16.5. The van der Waals surface area contributed by atoms with E-state index in [1.165, 1.54) is 6.92 Å². The largest absolute Gasteiger partial charge is 0.479 e. The van der Waals surface area contributed by atoms with Gasteiger partial charge in [-0.2, -0.15) is 0 Å². The van der Waals surface area contributed by atoms with E-state index in [9.17, 15) is 9.59 Å². The van der Waals surface area contributed by atoms with E-state index in [1.54, 1.807) is 24.3 Å². The normalized spacial score (nSPS) is 11.6. The first-order chi connectivity index (χ1) is 10.9. The zero-order valence-corrected chi connectivity index (χ0v) is 13.3. The maximum Gasteiger partial charge on any atom is 0.344 e. The van der Waals surface area contributed by atoms with Crippen molar-refractivity contribution in [3.8, 4) is 5.75 Å². The molecule has 0 aliphatic heterocycles. The number of carbonyl (C=O) groups excluding carboxylic acids is 1. The molecule has 0 spiro atoms. The van der Waals surface area contributed by atoms with Gasteiger partial charge in [0, 0.05) is 11.3 Å². The first-order valence-electron chi connectivity index (χ1n) is 7.25. The summed E-state index contributed by atoms with van der Waals surface area (Å²) in [4.78, 5) is 23.0. The van der Waals surface area contributed by atoms with E-state index >= 15 is 0 Å². The van der Waals surface area contributed by atoms with Gasteiger partial charge in [-0.15, -0.1) is 0 Å². The molecule has 0 saturated heterocycles. The number of benzene rings is 2. The van der Waals surface area contributed by atoms with Crippen LogP contribution < -0.4 is 10.1 Å². The number of aliphatic carboxylic acids is 1. The third-order valence-electron chi connectivity index (χ3n) is 3.63. The van der Waals surface area contributed by atoms with Crippen LogP contribution in [0.1, 0.15) is 28.4 Å². The molecule has 1 amide bonds. The van der Waals surface area contributed by atoms with Gasteiger partial charge in [0.15, 0.2) is 6.10 Å². The quantitative estimate of drug-likeness (QED) is 0.887. The number of aryl methyl sites for hydroxylation is 1. The molecule has 120 valence electrons. The summed E-state index contributed by atoms with van der Waals surface area (Å²) in [6.45, 7) is 5.39. The lowest BCUT2D eigenvalue weighted by molar-refractivity contribution is -0.144. The molecule has 0 aromatic heterocycles. The van der Waals surface area contributed by atoms with Gasteiger partial charge in [0.2, 0.25) is 0 Å². The molecule has 0 saturated carbocycles. The highest BCUT2D eigenvalue weighted by Gasteiger charge is 2.13. The topological polar surface area (TPSA) is 75.6 Å². The van der Waals surface area contributed by atoms with E-state index in [2.05, 4.69) is 5.32 Å². The summed E-state index contributed by atoms with van der Waals surface area (Å²) in [6, 6.07) is 12.1. The molecule has 0 aliphatic rings. The highest BCUT2D eigenvalue weighted by molar-refractivity contribution is 6.04. The molecule has 1 atom stereocenters. The fourth-order valence-electron chi connectivity index (χ4n) is 2.02. The van der Waals surface area contributed by atoms with Crippen LogP contribution in [-0.2, 0) is 4.79 Å². The van der Waals surface area contributed by atoms with Gasteiger partial charge < -0.3 is 15.2 Å². The van der Waals surface area contributed by atoms with Crippen molar-refractivity contribution in [2.24, 2.45) is 0 Å². The summed E-state index contributed by atoms with van der Waals surface area (Å²) in [6.07, 6.45) is -0.940. The Morgan fingerprint density at radius 2 is 1.74 bits per heavy atom. The van der Waals surface area contributed by atoms with Crippen LogP contribution in [0, 0.1) is 13.8 Å². The minimum atomic E-state index is -1.04. The molecule has 2 aromatic carbocycles. The van der Waals surface area contributed by atoms with Gasteiger partial charge in [-0.3, -0.25) is 4.79 Å². The number of rotatable bonds is 5. The molecule has 2 N–H and O–H groups in total. The summed E-state index contributed by atoms with van der Waals surface area (Å²) in [5, 5.41) is 11.7. The van der Waals surface area contributed by atoms with Crippen LogP contribution in [0.4, 0.5) is 5.69 Å². The fourth-order valence-corrected chi connectivity index (χ4v) is 2.02. The lowest BCUT2D eigenvalue weighted by Crippen LogP contribution is -2.22. The van der Waals surface area contributed by atoms with E-state index in [0.29, 0.717) is 11.3 Å². The summed E-state index contributed by atoms with van der Waals surface area (Å²) >= 11 is 0. The molecule has 0 unspecified atom stereocenters. The maximum absolute atomic E-state index is 12.3. The summed E-state index contributed by atoms with van der Waals surface area (Å²) in [5.41, 5.74) is 3.38. The molecule has 5 heteroatoms. The van der Waals surface area contributed by atoms with Crippen molar-refractivity contribution in [2.75, 3.05) is 5.32 Å². The van der Waals surface area contributed by atoms with Gasteiger partial charge in [0.1, 0.15) is 5.75 Å². The average Bonchev–Trinajstić information content (AvgIpc) is 2.52. The number of hydrogen-bond donors (Lipinski definition) is 2. The molecule has 23 heavy (non-hydrogen) atoms. The van der Waals surface area contributed by atoms with Crippen molar-refractivity contribution >= 4 is 17.6 Å². The number of nitrogens with one attached hydrogen (secondary N) is 1. The number of carboxylic acid groups (broad SMARTS) is 1. The van der Waals surface area contributed by atoms with Crippen LogP contribution in [0.2, 0.25) is 0 Å². The standard InChI is InChI=1S/C18H19NO4/c1-11-5-4-6-16(12(11)2)19-17(20)14-7-9-15(10-8-14)23-13(3)18(21)22/h4-10,13H,1-3H3,(H,19,20)(H,21,22)/t13-/m1/s1. The zero-order valence-electron chi connectivity index (χ0n) is 13.3. The second-order valence-corrected chi connectivity index (χ2v) is 5.32. The van der Waals surface area contributed by atoms with Crippen molar-refractivity contribution in [1.29, 1.82) is 0 Å². The van der Waals surface area contributed by atoms with Crippen molar-refractivity contribution < 1.29 is 19.4 Å². The second-order valence-electron chi connectivity index (χ2n) is 5.32. The third kappa shape index (κ3) is 4.10. The van der Waals surface area contributed by atoms with Gasteiger partial charge in [0.25, 0.3) is 5.91 Å². The van der Waals surface area contributed by atoms with E-state index in [1.807, 2.05) is 32.0 Å². The third-order valence-corrected chi connectivity index (χ3v) is 3.63. The van der Waals surface area contributed by atoms with E-state index < -0.39 is 12.1 Å². The molecule has 0 aliphatic carbocycles. The van der Waals surface area contributed by atoms with Crippen molar-refractivity contribution in [1.82, 2.24) is 0 Å². The first-order valence-corrected chi connectivity index (χ1v) is 7.25. The monoisotopic (exact) mass is 313 g/mol. The van der Waals surface area contributed by atoms with Crippen LogP contribution in [0.5, 0.6) is 5.75 Å². The molecule has 0 heterocycles. The number of carboxylic acids is 1. The highest BCUT2D eigenvalue weighted by atomic mass is 16.5. The predicted octanol–water partition coefficient (Wildman–Crippen LogP) is 3.41. The Hall–Kier alpha value is -2.82. The predicted molar refractivity (Wildman–Crippen MR) is 88.0 cm³/mol. The minimum absolute atomic E-state index is 0.225. The Morgan fingerprint density at radius 1 is 1.09 bits per heavy atom. The molecular weight excluding hydrogens is 294 g/mol. The van der Waals surface area contributed by atoms with Crippen molar-refractivity contribution in [3.05, 3.63) is 59.2 Å². The summed E-state index contributed by atoms with van der Waals surface area (Å²) in [7, 11) is 0. The Labute approximate surface area is 134 Å². The van der Waals surface area contributed by atoms with Gasteiger partial charge >= 0.3 is 5.97 Å². The molecule has 0 fully saturated rings. The number of hydrogen-bond acceptors (Lipinski definition) is 3. The van der Waals surface area contributed by atoms with Crippen molar-refractivity contribution in [3.63, 3.8) is 0 Å². The lowest BCUT2D eigenvalue weighted by Gasteiger charge is -2.12. The van der Waals surface area contributed by atoms with Gasteiger partial charge in [-0.05, 0) is 62.2 Å². The van der Waals surface area contributed by atoms with Gasteiger partial charge in [-0.25, -0.2) is 4.79 Å². The van der Waals surface area contributed by atoms with Crippen LogP contribution in [0.3, 0.4) is 0 Å². The molecule has 0 radical (unpaired) electrons. The Bertz CT molecular complexity index is 722. The van der Waals surface area contributed by atoms with E-state index in [-0.39, 0.29) is 5.91 Å². The Morgan fingerprint density at radius 3 is 2.35 bits per heavy atom. The Kier molecular flexibility index (Phi) is 5.01. The number of ether oxygens (including phenoxy) is 1. The van der Waals surface area contributed by atoms with Crippen LogP contribution in [0.15, 0.2) is 42.5 Å². The number of carbonyl (C=O) groups is 2. The Balaban J connectivity index is 2.08. The maximum atomic E-state index is 12.3. The van der Waals surface area contributed by atoms with Crippen LogP contribution in [0.25, 0.3) is 0 Å². The average molecular weight is 313 g/mol. The van der Waals surface area contributed by atoms with Gasteiger partial charge in [0.05, 0.1) is 0 Å². The fraction of sp³-hybridized carbons (Fsp3) is 0.222. The van der Waals surface area contributed by atoms with Gasteiger partial charge in [-0.1, -0.05) is 12.1 Å². The SMILES string of the molecule is Cc1cccc(NC(=O)c2ccc(O[C@H](C)C(=O)O)cc2)c1C. The number of anilines is 1. The lowest BCUT2D eigenvalue weighted by atomic mass is 10.1. The molecular formula is C18H19NO4. The minimum Gasteiger partial charge on any atom is -0.479 e. The highest BCUT2D eigenvalue weighted by Crippen LogP contribution is 2.20.